The zero-order valence-corrected chi connectivity index (χ0v) is 11.9. The fourth-order valence-corrected chi connectivity index (χ4v) is 2.69. The van der Waals surface area contributed by atoms with Gasteiger partial charge in [0.1, 0.15) is 0 Å². The first-order valence-electron chi connectivity index (χ1n) is 7.03. The van der Waals surface area contributed by atoms with E-state index in [0.717, 1.165) is 13.1 Å². The van der Waals surface area contributed by atoms with Crippen molar-refractivity contribution in [3.63, 3.8) is 0 Å². The Balaban J connectivity index is 1.80. The van der Waals surface area contributed by atoms with Crippen molar-refractivity contribution in [1.82, 2.24) is 15.1 Å². The average Bonchev–Trinajstić information content (AvgIpc) is 2.79. The third-order valence-electron chi connectivity index (χ3n) is 3.80. The summed E-state index contributed by atoms with van der Waals surface area (Å²) in [6.45, 7) is 5.87. The van der Waals surface area contributed by atoms with Crippen molar-refractivity contribution in [3.8, 4) is 0 Å². The van der Waals surface area contributed by atoms with Gasteiger partial charge in [0.15, 0.2) is 0 Å². The summed E-state index contributed by atoms with van der Waals surface area (Å²) in [6.07, 6.45) is 0.580. The van der Waals surface area contributed by atoms with Crippen LogP contribution in [0.15, 0.2) is 0 Å². The predicted octanol–water partition coefficient (Wildman–Crippen LogP) is -1.58. The molecule has 0 radical (unpaired) electrons. The number of hydrogen-bond acceptors (Lipinski definition) is 5. The Bertz CT molecular complexity index is 371. The van der Waals surface area contributed by atoms with E-state index < -0.39 is 5.60 Å². The van der Waals surface area contributed by atoms with E-state index in [1.165, 1.54) is 6.92 Å². The number of hydrogen-bond donors (Lipinski definition) is 2. The number of nitrogens with zero attached hydrogens (tertiary/aromatic N) is 2. The molecule has 7 heteroatoms. The molecular formula is C13H23N3O4. The van der Waals surface area contributed by atoms with Gasteiger partial charge in [-0.2, -0.15) is 0 Å². The number of likely N-dealkylation sites (tertiary alicyclic amines) is 1. The van der Waals surface area contributed by atoms with E-state index in [9.17, 15) is 14.7 Å². The van der Waals surface area contributed by atoms with E-state index in [4.69, 9.17) is 4.74 Å². The van der Waals surface area contributed by atoms with E-state index >= 15 is 0 Å². The lowest BCUT2D eigenvalue weighted by Crippen LogP contribution is -2.49. The van der Waals surface area contributed by atoms with Gasteiger partial charge in [0.05, 0.1) is 31.9 Å². The zero-order valence-electron chi connectivity index (χ0n) is 11.9. The summed E-state index contributed by atoms with van der Waals surface area (Å²) in [4.78, 5) is 26.5. The van der Waals surface area contributed by atoms with Gasteiger partial charge >= 0.3 is 0 Å². The summed E-state index contributed by atoms with van der Waals surface area (Å²) >= 11 is 0. The van der Waals surface area contributed by atoms with Crippen LogP contribution in [0.4, 0.5) is 0 Å². The second kappa shape index (κ2) is 6.51. The Hall–Kier alpha value is -1.18. The van der Waals surface area contributed by atoms with E-state index in [1.54, 1.807) is 4.90 Å². The Labute approximate surface area is 118 Å². The number of β-amino-alcohol motifs (C(OH)–C–C–N with tert-alkyl or cyclic N) is 1. The smallest absolute Gasteiger partial charge is 0.242 e. The molecule has 0 aliphatic carbocycles. The molecule has 2 aliphatic heterocycles. The van der Waals surface area contributed by atoms with Crippen LogP contribution in [0, 0.1) is 0 Å². The summed E-state index contributed by atoms with van der Waals surface area (Å²) in [5.74, 6) is -0.362. The minimum atomic E-state index is -0.844. The van der Waals surface area contributed by atoms with Crippen LogP contribution in [0.2, 0.25) is 0 Å². The van der Waals surface area contributed by atoms with Crippen molar-refractivity contribution in [3.05, 3.63) is 0 Å². The van der Waals surface area contributed by atoms with Gasteiger partial charge < -0.3 is 20.1 Å². The molecule has 1 atom stereocenters. The molecule has 0 aromatic rings. The minimum absolute atomic E-state index is 0.00294. The second-order valence-corrected chi connectivity index (χ2v) is 5.59. The molecule has 1 unspecified atom stereocenters. The lowest BCUT2D eigenvalue weighted by Gasteiger charge is -2.33. The molecule has 2 aliphatic rings. The Morgan fingerprint density at radius 1 is 1.30 bits per heavy atom. The van der Waals surface area contributed by atoms with Crippen LogP contribution in [0.1, 0.15) is 13.3 Å². The normalized spacial score (nSPS) is 27.6. The molecule has 0 aromatic carbocycles. The SMILES string of the molecule is CC(=O)NCC(=O)N1CCC(O)(CN2CCOCC2)C1. The van der Waals surface area contributed by atoms with Crippen LogP contribution in [-0.2, 0) is 14.3 Å². The van der Waals surface area contributed by atoms with Gasteiger partial charge in [0, 0.05) is 33.1 Å². The lowest BCUT2D eigenvalue weighted by molar-refractivity contribution is -0.132. The van der Waals surface area contributed by atoms with Crippen molar-refractivity contribution in [2.24, 2.45) is 0 Å². The van der Waals surface area contributed by atoms with Crippen LogP contribution in [0.3, 0.4) is 0 Å². The summed E-state index contributed by atoms with van der Waals surface area (Å²) < 4.78 is 5.28. The number of ether oxygens (including phenoxy) is 1. The van der Waals surface area contributed by atoms with Crippen LogP contribution < -0.4 is 5.32 Å². The number of morpholine rings is 1. The molecule has 114 valence electrons. The van der Waals surface area contributed by atoms with Gasteiger partial charge in [-0.15, -0.1) is 0 Å². The van der Waals surface area contributed by atoms with Crippen molar-refractivity contribution >= 4 is 11.8 Å². The maximum atomic E-state index is 11.9. The number of amides is 2. The van der Waals surface area contributed by atoms with E-state index in [2.05, 4.69) is 10.2 Å². The third-order valence-corrected chi connectivity index (χ3v) is 3.80. The van der Waals surface area contributed by atoms with Gasteiger partial charge in [0.2, 0.25) is 11.8 Å². The quantitative estimate of drug-likeness (QED) is 0.651. The number of nitrogens with one attached hydrogen (secondary N) is 1. The zero-order chi connectivity index (χ0) is 14.6. The number of aliphatic hydroxyl groups is 1. The number of carbonyl (C=O) groups excluding carboxylic acids is 2. The highest BCUT2D eigenvalue weighted by Crippen LogP contribution is 2.22. The van der Waals surface area contributed by atoms with E-state index in [1.807, 2.05) is 0 Å². The first kappa shape index (κ1) is 15.2. The summed E-state index contributed by atoms with van der Waals surface area (Å²) in [5, 5.41) is 13.1. The fraction of sp³-hybridized carbons (Fsp3) is 0.846. The second-order valence-electron chi connectivity index (χ2n) is 5.59. The Morgan fingerprint density at radius 3 is 2.65 bits per heavy atom. The third kappa shape index (κ3) is 4.16. The Morgan fingerprint density at radius 2 is 2.00 bits per heavy atom. The first-order chi connectivity index (χ1) is 9.48. The van der Waals surface area contributed by atoms with Gasteiger partial charge in [0.25, 0.3) is 0 Å². The minimum Gasteiger partial charge on any atom is -0.387 e. The molecule has 2 amide bonds. The van der Waals surface area contributed by atoms with Crippen LogP contribution in [0.25, 0.3) is 0 Å². The molecule has 2 rings (SSSR count). The largest absolute Gasteiger partial charge is 0.387 e. The monoisotopic (exact) mass is 285 g/mol. The summed E-state index contributed by atoms with van der Waals surface area (Å²) in [6, 6.07) is 0. The lowest BCUT2D eigenvalue weighted by atomic mass is 10.0. The molecule has 0 bridgehead atoms. The van der Waals surface area contributed by atoms with Crippen LogP contribution in [0.5, 0.6) is 0 Å². The van der Waals surface area contributed by atoms with E-state index in [0.29, 0.717) is 39.3 Å². The molecule has 0 aromatic heterocycles. The topological polar surface area (TPSA) is 82.1 Å². The van der Waals surface area contributed by atoms with Crippen LogP contribution in [-0.4, -0.2) is 84.8 Å². The highest BCUT2D eigenvalue weighted by Gasteiger charge is 2.39. The molecule has 2 fully saturated rings. The highest BCUT2D eigenvalue weighted by molar-refractivity contribution is 5.83. The van der Waals surface area contributed by atoms with E-state index in [-0.39, 0.29) is 18.4 Å². The molecule has 2 heterocycles. The van der Waals surface area contributed by atoms with Gasteiger partial charge in [-0.1, -0.05) is 0 Å². The maximum Gasteiger partial charge on any atom is 0.242 e. The van der Waals surface area contributed by atoms with Crippen molar-refractivity contribution in [2.45, 2.75) is 18.9 Å². The average molecular weight is 285 g/mol. The van der Waals surface area contributed by atoms with Gasteiger partial charge in [-0.05, 0) is 6.42 Å². The maximum absolute atomic E-state index is 11.9. The highest BCUT2D eigenvalue weighted by atomic mass is 16.5. The molecule has 0 saturated carbocycles. The number of rotatable bonds is 4. The molecular weight excluding hydrogens is 262 g/mol. The fourth-order valence-electron chi connectivity index (χ4n) is 2.69. The summed E-state index contributed by atoms with van der Waals surface area (Å²) in [5.41, 5.74) is -0.844. The van der Waals surface area contributed by atoms with Crippen molar-refractivity contribution in [2.75, 3.05) is 52.5 Å². The first-order valence-corrected chi connectivity index (χ1v) is 7.03. The van der Waals surface area contributed by atoms with Gasteiger partial charge in [-0.3, -0.25) is 14.5 Å². The van der Waals surface area contributed by atoms with Crippen LogP contribution >= 0.6 is 0 Å². The molecule has 2 saturated heterocycles. The summed E-state index contributed by atoms with van der Waals surface area (Å²) in [7, 11) is 0. The van der Waals surface area contributed by atoms with Crippen molar-refractivity contribution < 1.29 is 19.4 Å². The standard InChI is InChI=1S/C13H23N3O4/c1-11(17)14-8-12(18)16-3-2-13(19,10-16)9-15-4-6-20-7-5-15/h19H,2-10H2,1H3,(H,14,17). The Kier molecular flexibility index (Phi) is 4.95. The molecule has 2 N–H and O–H groups in total. The molecule has 7 nitrogen and oxygen atoms in total. The predicted molar refractivity (Wildman–Crippen MR) is 72.1 cm³/mol. The molecule has 0 spiro atoms. The van der Waals surface area contributed by atoms with Gasteiger partial charge in [-0.25, -0.2) is 0 Å². The molecule has 20 heavy (non-hydrogen) atoms. The van der Waals surface area contributed by atoms with Crippen molar-refractivity contribution in [1.29, 1.82) is 0 Å². The number of carbonyl (C=O) groups is 2.